The van der Waals surface area contributed by atoms with Gasteiger partial charge in [-0.2, -0.15) is 0 Å². The Kier molecular flexibility index (Phi) is 2.70. The highest BCUT2D eigenvalue weighted by Gasteiger charge is 2.25. The van der Waals surface area contributed by atoms with Crippen molar-refractivity contribution < 1.29 is 9.90 Å². The standard InChI is InChI=1S/C14H16N2O2/c17-14(18)11-2-1-7-16(9-11)12-3-4-13-10(8-12)5-6-15-13/h3-6,8,11,15H,1-2,7,9H2,(H,17,18). The van der Waals surface area contributed by atoms with E-state index in [1.807, 2.05) is 12.3 Å². The van der Waals surface area contributed by atoms with Crippen molar-refractivity contribution in [2.75, 3.05) is 18.0 Å². The number of nitrogens with zero attached hydrogens (tertiary/aromatic N) is 1. The molecule has 1 aliphatic heterocycles. The molecule has 2 N–H and O–H groups in total. The zero-order valence-electron chi connectivity index (χ0n) is 10.1. The average Bonchev–Trinajstić information content (AvgIpc) is 2.86. The molecule has 1 unspecified atom stereocenters. The number of carbonyl (C=O) groups is 1. The Morgan fingerprint density at radius 3 is 3.11 bits per heavy atom. The number of anilines is 1. The van der Waals surface area contributed by atoms with Gasteiger partial charge in [0.1, 0.15) is 0 Å². The molecule has 2 aromatic rings. The second-order valence-corrected chi connectivity index (χ2v) is 4.87. The Labute approximate surface area is 105 Å². The van der Waals surface area contributed by atoms with Crippen molar-refractivity contribution in [1.29, 1.82) is 0 Å². The van der Waals surface area contributed by atoms with Crippen LogP contribution in [0.15, 0.2) is 30.5 Å². The fraction of sp³-hybridized carbons (Fsp3) is 0.357. The third kappa shape index (κ3) is 1.94. The molecular formula is C14H16N2O2. The number of aliphatic carboxylic acids is 1. The number of aromatic amines is 1. The predicted molar refractivity (Wildman–Crippen MR) is 70.9 cm³/mol. The highest BCUT2D eigenvalue weighted by Crippen LogP contribution is 2.26. The third-order valence-corrected chi connectivity index (χ3v) is 3.67. The number of piperidine rings is 1. The molecule has 1 aromatic heterocycles. The van der Waals surface area contributed by atoms with E-state index in [9.17, 15) is 4.79 Å². The van der Waals surface area contributed by atoms with Gasteiger partial charge in [0.05, 0.1) is 5.92 Å². The van der Waals surface area contributed by atoms with Crippen LogP contribution in [0.3, 0.4) is 0 Å². The first-order valence-electron chi connectivity index (χ1n) is 6.29. The fourth-order valence-corrected chi connectivity index (χ4v) is 2.65. The minimum absolute atomic E-state index is 0.235. The van der Waals surface area contributed by atoms with Crippen LogP contribution in [0, 0.1) is 5.92 Å². The lowest BCUT2D eigenvalue weighted by Gasteiger charge is -2.32. The number of rotatable bonds is 2. The van der Waals surface area contributed by atoms with Crippen molar-refractivity contribution in [3.05, 3.63) is 30.5 Å². The van der Waals surface area contributed by atoms with Gasteiger partial charge in [-0.1, -0.05) is 0 Å². The first kappa shape index (κ1) is 11.1. The summed E-state index contributed by atoms with van der Waals surface area (Å²) in [5.74, 6) is -0.914. The quantitative estimate of drug-likeness (QED) is 0.853. The summed E-state index contributed by atoms with van der Waals surface area (Å²) in [4.78, 5) is 16.4. The number of hydrogen-bond acceptors (Lipinski definition) is 2. The Morgan fingerprint density at radius 1 is 1.39 bits per heavy atom. The third-order valence-electron chi connectivity index (χ3n) is 3.67. The maximum atomic E-state index is 11.1. The summed E-state index contributed by atoms with van der Waals surface area (Å²) in [6.07, 6.45) is 3.66. The molecule has 1 aliphatic rings. The lowest BCUT2D eigenvalue weighted by atomic mass is 9.97. The number of hydrogen-bond donors (Lipinski definition) is 2. The zero-order chi connectivity index (χ0) is 12.5. The van der Waals surface area contributed by atoms with Crippen molar-refractivity contribution in [3.63, 3.8) is 0 Å². The molecule has 18 heavy (non-hydrogen) atoms. The van der Waals surface area contributed by atoms with Gasteiger partial charge in [-0.05, 0) is 37.1 Å². The molecular weight excluding hydrogens is 228 g/mol. The van der Waals surface area contributed by atoms with Crippen LogP contribution in [0.4, 0.5) is 5.69 Å². The Balaban J connectivity index is 1.86. The minimum atomic E-state index is -0.678. The summed E-state index contributed by atoms with van der Waals surface area (Å²) < 4.78 is 0. The van der Waals surface area contributed by atoms with E-state index in [0.29, 0.717) is 6.54 Å². The minimum Gasteiger partial charge on any atom is -0.481 e. The molecule has 0 radical (unpaired) electrons. The SMILES string of the molecule is O=C(O)C1CCCN(c2ccc3[nH]ccc3c2)C1. The lowest BCUT2D eigenvalue weighted by molar-refractivity contribution is -0.141. The second kappa shape index (κ2) is 4.37. The molecule has 4 nitrogen and oxygen atoms in total. The second-order valence-electron chi connectivity index (χ2n) is 4.87. The van der Waals surface area contributed by atoms with E-state index in [1.54, 1.807) is 0 Å². The number of fused-ring (bicyclic) bond motifs is 1. The van der Waals surface area contributed by atoms with Gasteiger partial charge in [0.25, 0.3) is 0 Å². The molecule has 1 atom stereocenters. The molecule has 0 aliphatic carbocycles. The van der Waals surface area contributed by atoms with Gasteiger partial charge < -0.3 is 15.0 Å². The van der Waals surface area contributed by atoms with Crippen LogP contribution < -0.4 is 4.90 Å². The van der Waals surface area contributed by atoms with Gasteiger partial charge in [-0.15, -0.1) is 0 Å². The van der Waals surface area contributed by atoms with Crippen molar-refractivity contribution in [2.45, 2.75) is 12.8 Å². The van der Waals surface area contributed by atoms with Gasteiger partial charge in [-0.25, -0.2) is 0 Å². The summed E-state index contributed by atoms with van der Waals surface area (Å²) in [6.45, 7) is 1.56. The zero-order valence-corrected chi connectivity index (χ0v) is 10.1. The first-order valence-corrected chi connectivity index (χ1v) is 6.29. The van der Waals surface area contributed by atoms with Gasteiger partial charge >= 0.3 is 5.97 Å². The molecule has 3 rings (SSSR count). The monoisotopic (exact) mass is 244 g/mol. The van der Waals surface area contributed by atoms with E-state index < -0.39 is 5.97 Å². The Bertz CT molecular complexity index is 576. The van der Waals surface area contributed by atoms with Crippen molar-refractivity contribution >= 4 is 22.6 Å². The van der Waals surface area contributed by atoms with Gasteiger partial charge in [0.2, 0.25) is 0 Å². The van der Waals surface area contributed by atoms with Crippen molar-refractivity contribution in [1.82, 2.24) is 4.98 Å². The maximum Gasteiger partial charge on any atom is 0.308 e. The van der Waals surface area contributed by atoms with E-state index in [0.717, 1.165) is 30.6 Å². The van der Waals surface area contributed by atoms with Crippen LogP contribution in [0.25, 0.3) is 10.9 Å². The molecule has 4 heteroatoms. The molecule has 1 fully saturated rings. The topological polar surface area (TPSA) is 56.3 Å². The molecule has 0 saturated carbocycles. The fourth-order valence-electron chi connectivity index (χ4n) is 2.65. The van der Waals surface area contributed by atoms with Gasteiger partial charge in [-0.3, -0.25) is 4.79 Å². The summed E-state index contributed by atoms with van der Waals surface area (Å²) in [5.41, 5.74) is 2.23. The molecule has 0 bridgehead atoms. The number of nitrogens with one attached hydrogen (secondary N) is 1. The molecule has 2 heterocycles. The highest BCUT2D eigenvalue weighted by molar-refractivity contribution is 5.83. The molecule has 1 saturated heterocycles. The van der Waals surface area contributed by atoms with Crippen LogP contribution in [0.5, 0.6) is 0 Å². The first-order chi connectivity index (χ1) is 8.74. The van der Waals surface area contributed by atoms with Gasteiger partial charge in [0, 0.05) is 35.9 Å². The summed E-state index contributed by atoms with van der Waals surface area (Å²) >= 11 is 0. The Hall–Kier alpha value is -1.97. The van der Waals surface area contributed by atoms with Crippen LogP contribution in [0.2, 0.25) is 0 Å². The van der Waals surface area contributed by atoms with Crippen LogP contribution >= 0.6 is 0 Å². The Morgan fingerprint density at radius 2 is 2.28 bits per heavy atom. The van der Waals surface area contributed by atoms with E-state index in [4.69, 9.17) is 5.11 Å². The van der Waals surface area contributed by atoms with Crippen LogP contribution in [-0.4, -0.2) is 29.1 Å². The number of aromatic nitrogens is 1. The number of carboxylic acids is 1. The summed E-state index contributed by atoms with van der Waals surface area (Å²) in [6, 6.07) is 8.27. The molecule has 0 amide bonds. The smallest absolute Gasteiger partial charge is 0.308 e. The lowest BCUT2D eigenvalue weighted by Crippen LogP contribution is -2.38. The molecule has 1 aromatic carbocycles. The van der Waals surface area contributed by atoms with E-state index in [-0.39, 0.29) is 5.92 Å². The average molecular weight is 244 g/mol. The van der Waals surface area contributed by atoms with Gasteiger partial charge in [0.15, 0.2) is 0 Å². The predicted octanol–water partition coefficient (Wildman–Crippen LogP) is 2.47. The highest BCUT2D eigenvalue weighted by atomic mass is 16.4. The normalized spacial score (nSPS) is 20.2. The number of carboxylic acid groups (broad SMARTS) is 1. The van der Waals surface area contributed by atoms with Crippen LogP contribution in [0.1, 0.15) is 12.8 Å². The largest absolute Gasteiger partial charge is 0.481 e. The molecule has 0 spiro atoms. The number of H-pyrrole nitrogens is 1. The van der Waals surface area contributed by atoms with E-state index in [2.05, 4.69) is 28.1 Å². The van der Waals surface area contributed by atoms with E-state index >= 15 is 0 Å². The van der Waals surface area contributed by atoms with Crippen molar-refractivity contribution in [2.24, 2.45) is 5.92 Å². The molecule has 94 valence electrons. The van der Waals surface area contributed by atoms with Crippen LogP contribution in [-0.2, 0) is 4.79 Å². The van der Waals surface area contributed by atoms with E-state index in [1.165, 1.54) is 5.39 Å². The van der Waals surface area contributed by atoms with Crippen molar-refractivity contribution in [3.8, 4) is 0 Å². The summed E-state index contributed by atoms with van der Waals surface area (Å²) in [5, 5.41) is 10.3. The maximum absolute atomic E-state index is 11.1. The number of benzene rings is 1. The summed E-state index contributed by atoms with van der Waals surface area (Å²) in [7, 11) is 0.